The van der Waals surface area contributed by atoms with Crippen LogP contribution >= 0.6 is 0 Å². The van der Waals surface area contributed by atoms with Gasteiger partial charge in [-0.2, -0.15) is 0 Å². The molecule has 2 heterocycles. The quantitative estimate of drug-likeness (QED) is 0.891. The normalized spacial score (nSPS) is 26.4. The van der Waals surface area contributed by atoms with Gasteiger partial charge in [0.05, 0.1) is 17.3 Å². The Hall–Kier alpha value is -1.10. The maximum Gasteiger partial charge on any atom is 0.169 e. The van der Waals surface area contributed by atoms with Crippen molar-refractivity contribution in [3.8, 4) is 0 Å². The number of ether oxygens (including phenoxy) is 1. The molecule has 1 aromatic rings. The van der Waals surface area contributed by atoms with Crippen molar-refractivity contribution in [2.24, 2.45) is 0 Å². The molecule has 19 heavy (non-hydrogen) atoms. The van der Waals surface area contributed by atoms with Crippen molar-refractivity contribution in [2.45, 2.75) is 69.9 Å². The van der Waals surface area contributed by atoms with Crippen molar-refractivity contribution in [1.82, 2.24) is 15.0 Å². The summed E-state index contributed by atoms with van der Waals surface area (Å²) in [5, 5.41) is 8.38. The maximum absolute atomic E-state index is 6.09. The highest BCUT2D eigenvalue weighted by molar-refractivity contribution is 5.35. The van der Waals surface area contributed by atoms with Gasteiger partial charge in [-0.3, -0.25) is 0 Å². The molecule has 1 aromatic heterocycles. The molecule has 0 amide bonds. The lowest BCUT2D eigenvalue weighted by Crippen LogP contribution is -2.38. The smallest absolute Gasteiger partial charge is 0.169 e. The zero-order valence-electron chi connectivity index (χ0n) is 11.9. The van der Waals surface area contributed by atoms with Gasteiger partial charge in [0, 0.05) is 6.61 Å². The summed E-state index contributed by atoms with van der Waals surface area (Å²) in [5.74, 6) is 0.944. The van der Waals surface area contributed by atoms with Gasteiger partial charge < -0.3 is 10.5 Å². The van der Waals surface area contributed by atoms with Crippen LogP contribution in [0.2, 0.25) is 0 Å². The molecule has 5 heteroatoms. The second-order valence-electron chi connectivity index (χ2n) is 6.34. The van der Waals surface area contributed by atoms with E-state index in [4.69, 9.17) is 10.5 Å². The molecule has 2 fully saturated rings. The summed E-state index contributed by atoms with van der Waals surface area (Å²) in [6, 6.07) is 0.397. The van der Waals surface area contributed by atoms with Gasteiger partial charge in [-0.1, -0.05) is 31.9 Å². The highest BCUT2D eigenvalue weighted by atomic mass is 16.5. The molecule has 2 N–H and O–H groups in total. The van der Waals surface area contributed by atoms with Crippen LogP contribution in [0.4, 0.5) is 5.82 Å². The van der Waals surface area contributed by atoms with Crippen LogP contribution in [0, 0.1) is 0 Å². The number of nitrogens with two attached hydrogens (primary N) is 1. The third-order valence-electron chi connectivity index (χ3n) is 4.63. The van der Waals surface area contributed by atoms with Crippen LogP contribution in [-0.2, 0) is 4.74 Å². The first-order valence-electron chi connectivity index (χ1n) is 7.46. The van der Waals surface area contributed by atoms with E-state index >= 15 is 0 Å². The second-order valence-corrected chi connectivity index (χ2v) is 6.34. The van der Waals surface area contributed by atoms with Gasteiger partial charge in [-0.15, -0.1) is 5.10 Å². The van der Waals surface area contributed by atoms with Crippen molar-refractivity contribution in [1.29, 1.82) is 0 Å². The lowest BCUT2D eigenvalue weighted by molar-refractivity contribution is -0.0915. The molecular formula is C14H24N4O. The molecule has 5 nitrogen and oxygen atoms in total. The molecule has 3 rings (SSSR count). The van der Waals surface area contributed by atoms with Crippen molar-refractivity contribution < 1.29 is 4.74 Å². The summed E-state index contributed by atoms with van der Waals surface area (Å²) in [6.07, 6.45) is 7.07. The number of nitrogen functional groups attached to an aromatic ring is 1. The molecule has 2 aliphatic rings. The monoisotopic (exact) mass is 264 g/mol. The minimum Gasteiger partial charge on any atom is -0.381 e. The largest absolute Gasteiger partial charge is 0.381 e. The Morgan fingerprint density at radius 3 is 2.79 bits per heavy atom. The van der Waals surface area contributed by atoms with Crippen molar-refractivity contribution in [3.63, 3.8) is 0 Å². The molecule has 1 atom stereocenters. The molecule has 1 spiro atoms. The van der Waals surface area contributed by atoms with Crippen LogP contribution < -0.4 is 5.73 Å². The van der Waals surface area contributed by atoms with Crippen LogP contribution in [0.5, 0.6) is 0 Å². The minimum atomic E-state index is 0.109. The SMILES string of the molecule is CC(C)c1c(N)nnn1C1CCOC2(CCCC2)C1. The fourth-order valence-electron chi connectivity index (χ4n) is 3.72. The predicted molar refractivity (Wildman–Crippen MR) is 73.9 cm³/mol. The number of rotatable bonds is 2. The molecule has 0 bridgehead atoms. The average Bonchev–Trinajstić information content (AvgIpc) is 2.96. The molecule has 1 aliphatic carbocycles. The van der Waals surface area contributed by atoms with E-state index in [0.717, 1.165) is 25.1 Å². The molecule has 1 saturated heterocycles. The number of hydrogen-bond acceptors (Lipinski definition) is 4. The number of aromatic nitrogens is 3. The van der Waals surface area contributed by atoms with Crippen LogP contribution in [0.25, 0.3) is 0 Å². The van der Waals surface area contributed by atoms with Crippen LogP contribution in [0.3, 0.4) is 0 Å². The number of hydrogen-bond donors (Lipinski definition) is 1. The fraction of sp³-hybridized carbons (Fsp3) is 0.857. The van der Waals surface area contributed by atoms with Gasteiger partial charge in [-0.05, 0) is 31.6 Å². The van der Waals surface area contributed by atoms with E-state index in [-0.39, 0.29) is 5.60 Å². The Morgan fingerprint density at radius 2 is 2.11 bits per heavy atom. The fourth-order valence-corrected chi connectivity index (χ4v) is 3.72. The first-order valence-corrected chi connectivity index (χ1v) is 7.46. The van der Waals surface area contributed by atoms with E-state index < -0.39 is 0 Å². The molecule has 1 saturated carbocycles. The Balaban J connectivity index is 1.86. The third-order valence-corrected chi connectivity index (χ3v) is 4.63. The summed E-state index contributed by atoms with van der Waals surface area (Å²) in [5.41, 5.74) is 7.16. The highest BCUT2D eigenvalue weighted by Crippen LogP contribution is 2.44. The molecule has 1 aliphatic heterocycles. The van der Waals surface area contributed by atoms with Gasteiger partial charge in [-0.25, -0.2) is 4.68 Å². The zero-order valence-corrected chi connectivity index (χ0v) is 11.9. The van der Waals surface area contributed by atoms with Crippen LogP contribution in [-0.4, -0.2) is 27.2 Å². The van der Waals surface area contributed by atoms with Crippen LogP contribution in [0.15, 0.2) is 0 Å². The third kappa shape index (κ3) is 2.24. The first-order chi connectivity index (χ1) is 9.11. The summed E-state index contributed by atoms with van der Waals surface area (Å²) in [7, 11) is 0. The van der Waals surface area contributed by atoms with E-state index in [1.165, 1.54) is 25.7 Å². The molecule has 106 valence electrons. The molecular weight excluding hydrogens is 240 g/mol. The Kier molecular flexibility index (Phi) is 3.25. The standard InChI is InChI=1S/C14H24N4O/c1-10(2)12-13(15)16-17-18(12)11-5-8-19-14(9-11)6-3-4-7-14/h10-11H,3-9,15H2,1-2H3. The summed E-state index contributed by atoms with van der Waals surface area (Å²) >= 11 is 0. The lowest BCUT2D eigenvalue weighted by Gasteiger charge is -2.38. The highest BCUT2D eigenvalue weighted by Gasteiger charge is 2.41. The van der Waals surface area contributed by atoms with E-state index in [1.54, 1.807) is 0 Å². The Morgan fingerprint density at radius 1 is 1.37 bits per heavy atom. The van der Waals surface area contributed by atoms with Gasteiger partial charge >= 0.3 is 0 Å². The number of nitrogens with zero attached hydrogens (tertiary/aromatic N) is 3. The summed E-state index contributed by atoms with van der Waals surface area (Å²) < 4.78 is 8.16. The number of anilines is 1. The second kappa shape index (κ2) is 4.78. The summed E-state index contributed by atoms with van der Waals surface area (Å²) in [6.45, 7) is 5.13. The van der Waals surface area contributed by atoms with Gasteiger partial charge in [0.1, 0.15) is 0 Å². The van der Waals surface area contributed by atoms with Crippen molar-refractivity contribution >= 4 is 5.82 Å². The topological polar surface area (TPSA) is 66.0 Å². The zero-order chi connectivity index (χ0) is 13.5. The van der Waals surface area contributed by atoms with E-state index in [0.29, 0.717) is 17.8 Å². The van der Waals surface area contributed by atoms with E-state index in [9.17, 15) is 0 Å². The van der Waals surface area contributed by atoms with Gasteiger partial charge in [0.25, 0.3) is 0 Å². The minimum absolute atomic E-state index is 0.109. The average molecular weight is 264 g/mol. The lowest BCUT2D eigenvalue weighted by atomic mass is 9.88. The van der Waals surface area contributed by atoms with Gasteiger partial charge in [0.15, 0.2) is 5.82 Å². The summed E-state index contributed by atoms with van der Waals surface area (Å²) in [4.78, 5) is 0. The van der Waals surface area contributed by atoms with Crippen molar-refractivity contribution in [2.75, 3.05) is 12.3 Å². The van der Waals surface area contributed by atoms with Crippen molar-refractivity contribution in [3.05, 3.63) is 5.69 Å². The van der Waals surface area contributed by atoms with E-state index in [2.05, 4.69) is 28.8 Å². The Labute approximate surface area is 114 Å². The van der Waals surface area contributed by atoms with Gasteiger partial charge in [0.2, 0.25) is 0 Å². The first kappa shape index (κ1) is 12.9. The Bertz CT molecular complexity index is 448. The predicted octanol–water partition coefficient (Wildman–Crippen LogP) is 2.65. The molecule has 1 unspecified atom stereocenters. The maximum atomic E-state index is 6.09. The van der Waals surface area contributed by atoms with E-state index in [1.807, 2.05) is 0 Å². The molecule has 0 aromatic carbocycles. The molecule has 0 radical (unpaired) electrons. The van der Waals surface area contributed by atoms with Crippen LogP contribution in [0.1, 0.15) is 70.0 Å².